The number of carbonyl (C=O) groups is 2. The molecule has 0 radical (unpaired) electrons. The van der Waals surface area contributed by atoms with Crippen LogP contribution >= 0.6 is 0 Å². The van der Waals surface area contributed by atoms with Gasteiger partial charge in [0.25, 0.3) is 0 Å². The molecule has 0 rings (SSSR count). The Morgan fingerprint density at radius 1 is 1.47 bits per heavy atom. The van der Waals surface area contributed by atoms with Crippen LogP contribution in [-0.2, 0) is 9.59 Å². The summed E-state index contributed by atoms with van der Waals surface area (Å²) in [6.07, 6.45) is -0.783. The summed E-state index contributed by atoms with van der Waals surface area (Å²) in [6.45, 7) is 2.26. The molecule has 0 aliphatic heterocycles. The summed E-state index contributed by atoms with van der Waals surface area (Å²) < 4.78 is 0. The number of carbonyl (C=O) groups excluding carboxylic acids is 1. The van der Waals surface area contributed by atoms with Crippen LogP contribution in [0.25, 0.3) is 0 Å². The van der Waals surface area contributed by atoms with Gasteiger partial charge in [0.1, 0.15) is 0 Å². The monoisotopic (exact) mass is 218 g/mol. The van der Waals surface area contributed by atoms with Crippen LogP contribution in [0.4, 0.5) is 0 Å². The molecule has 5 N–H and O–H groups in total. The van der Waals surface area contributed by atoms with Crippen molar-refractivity contribution >= 4 is 11.9 Å². The van der Waals surface area contributed by atoms with Crippen molar-refractivity contribution < 1.29 is 19.8 Å². The number of hydrogen-bond donors (Lipinski definition) is 4. The first-order chi connectivity index (χ1) is 7.02. The second kappa shape index (κ2) is 7.19. The molecule has 6 nitrogen and oxygen atoms in total. The quantitative estimate of drug-likeness (QED) is 0.434. The number of nitrogens with two attached hydrogens (primary N) is 1. The smallest absolute Gasteiger partial charge is 0.332 e. The molecule has 0 saturated carbocycles. The van der Waals surface area contributed by atoms with Gasteiger partial charge in [-0.15, -0.1) is 0 Å². The Bertz CT molecular complexity index is 216. The lowest BCUT2D eigenvalue weighted by atomic mass is 10.1. The van der Waals surface area contributed by atoms with Crippen LogP contribution in [0, 0.1) is 5.92 Å². The van der Waals surface area contributed by atoms with E-state index in [0.717, 1.165) is 0 Å². The van der Waals surface area contributed by atoms with Crippen LogP contribution < -0.4 is 11.1 Å². The summed E-state index contributed by atoms with van der Waals surface area (Å²) in [5, 5.41) is 19.8. The number of aliphatic carboxylic acids is 1. The highest BCUT2D eigenvalue weighted by atomic mass is 16.4. The van der Waals surface area contributed by atoms with Crippen LogP contribution in [0.15, 0.2) is 0 Å². The Hall–Kier alpha value is -1.14. The zero-order chi connectivity index (χ0) is 11.8. The van der Waals surface area contributed by atoms with Crippen molar-refractivity contribution in [3.8, 4) is 0 Å². The predicted molar refractivity (Wildman–Crippen MR) is 54.1 cm³/mol. The van der Waals surface area contributed by atoms with E-state index in [2.05, 4.69) is 5.32 Å². The Balaban J connectivity index is 3.76. The maximum atomic E-state index is 11.3. The third-order valence-corrected chi connectivity index (χ3v) is 2.15. The molecule has 1 amide bonds. The van der Waals surface area contributed by atoms with Gasteiger partial charge in [-0.05, 0) is 6.42 Å². The summed E-state index contributed by atoms with van der Waals surface area (Å²) in [6, 6.07) is 0. The van der Waals surface area contributed by atoms with Gasteiger partial charge in [0.15, 0.2) is 6.10 Å². The molecule has 2 atom stereocenters. The molecule has 0 spiro atoms. The van der Waals surface area contributed by atoms with Crippen LogP contribution in [0.1, 0.15) is 19.8 Å². The van der Waals surface area contributed by atoms with Crippen LogP contribution in [-0.4, -0.2) is 41.3 Å². The lowest BCUT2D eigenvalue weighted by Gasteiger charge is -2.13. The van der Waals surface area contributed by atoms with Gasteiger partial charge in [0.05, 0.1) is 0 Å². The number of carboxylic acid groups (broad SMARTS) is 1. The molecule has 0 aliphatic carbocycles. The highest BCUT2D eigenvalue weighted by Gasteiger charge is 2.16. The van der Waals surface area contributed by atoms with E-state index in [1.807, 2.05) is 6.92 Å². The molecule has 0 bridgehead atoms. The molecule has 0 aliphatic rings. The van der Waals surface area contributed by atoms with E-state index >= 15 is 0 Å². The first kappa shape index (κ1) is 13.9. The van der Waals surface area contributed by atoms with Gasteiger partial charge in [-0.25, -0.2) is 4.79 Å². The highest BCUT2D eigenvalue weighted by Crippen LogP contribution is 1.99. The van der Waals surface area contributed by atoms with E-state index in [9.17, 15) is 9.59 Å². The summed E-state index contributed by atoms with van der Waals surface area (Å²) in [5.41, 5.74) is 5.36. The summed E-state index contributed by atoms with van der Waals surface area (Å²) in [5.74, 6) is -1.72. The molecule has 0 aromatic rings. The molecule has 0 saturated heterocycles. The molecule has 0 aromatic carbocycles. The maximum absolute atomic E-state index is 11.3. The van der Waals surface area contributed by atoms with E-state index in [1.165, 1.54) is 0 Å². The topological polar surface area (TPSA) is 113 Å². The molecule has 0 aromatic heterocycles. The fraction of sp³-hybridized carbons (Fsp3) is 0.778. The number of rotatable bonds is 7. The maximum Gasteiger partial charge on any atom is 0.332 e. The van der Waals surface area contributed by atoms with Crippen molar-refractivity contribution in [3.63, 3.8) is 0 Å². The zero-order valence-corrected chi connectivity index (χ0v) is 8.77. The second-order valence-corrected chi connectivity index (χ2v) is 3.27. The Labute approximate surface area is 88.5 Å². The molecule has 88 valence electrons. The van der Waals surface area contributed by atoms with Crippen molar-refractivity contribution in [2.45, 2.75) is 25.9 Å². The van der Waals surface area contributed by atoms with Crippen molar-refractivity contribution in [1.29, 1.82) is 0 Å². The standard InChI is InChI=1S/C9H18N2O4/c1-2-6(5-10)8(13)11-4-3-7(12)9(14)15/h6-7,12H,2-5,10H2,1H3,(H,11,13)(H,14,15). The molecule has 15 heavy (non-hydrogen) atoms. The van der Waals surface area contributed by atoms with Gasteiger partial charge in [-0.1, -0.05) is 6.92 Å². The Kier molecular flexibility index (Phi) is 6.64. The minimum atomic E-state index is -1.43. The van der Waals surface area contributed by atoms with E-state index in [4.69, 9.17) is 15.9 Å². The number of nitrogens with one attached hydrogen (secondary N) is 1. The zero-order valence-electron chi connectivity index (χ0n) is 8.77. The van der Waals surface area contributed by atoms with Crippen LogP contribution in [0.3, 0.4) is 0 Å². The van der Waals surface area contributed by atoms with Gasteiger partial charge in [0, 0.05) is 25.4 Å². The normalized spacial score (nSPS) is 14.3. The van der Waals surface area contributed by atoms with E-state index < -0.39 is 12.1 Å². The number of aliphatic hydroxyl groups excluding tert-OH is 1. The average Bonchev–Trinajstić information content (AvgIpc) is 2.19. The molecule has 6 heteroatoms. The molecule has 2 unspecified atom stereocenters. The summed E-state index contributed by atoms with van der Waals surface area (Å²) in [4.78, 5) is 21.6. The van der Waals surface area contributed by atoms with Gasteiger partial charge in [-0.2, -0.15) is 0 Å². The van der Waals surface area contributed by atoms with E-state index in [0.29, 0.717) is 6.42 Å². The van der Waals surface area contributed by atoms with Crippen molar-refractivity contribution in [3.05, 3.63) is 0 Å². The Morgan fingerprint density at radius 2 is 2.07 bits per heavy atom. The first-order valence-corrected chi connectivity index (χ1v) is 4.91. The van der Waals surface area contributed by atoms with Gasteiger partial charge >= 0.3 is 5.97 Å². The van der Waals surface area contributed by atoms with Gasteiger partial charge in [0.2, 0.25) is 5.91 Å². The minimum absolute atomic E-state index is 0.00206. The SMILES string of the molecule is CCC(CN)C(=O)NCCC(O)C(=O)O. The fourth-order valence-electron chi connectivity index (χ4n) is 1.06. The van der Waals surface area contributed by atoms with Crippen molar-refractivity contribution in [2.75, 3.05) is 13.1 Å². The number of hydrogen-bond acceptors (Lipinski definition) is 4. The largest absolute Gasteiger partial charge is 0.479 e. The van der Waals surface area contributed by atoms with Crippen molar-refractivity contribution in [2.24, 2.45) is 11.7 Å². The highest BCUT2D eigenvalue weighted by molar-refractivity contribution is 5.78. The molecule has 0 fully saturated rings. The Morgan fingerprint density at radius 3 is 2.47 bits per heavy atom. The average molecular weight is 218 g/mol. The number of carboxylic acids is 1. The van der Waals surface area contributed by atoms with E-state index in [-0.39, 0.29) is 31.3 Å². The van der Waals surface area contributed by atoms with Gasteiger partial charge < -0.3 is 21.3 Å². The number of amides is 1. The minimum Gasteiger partial charge on any atom is -0.479 e. The lowest BCUT2D eigenvalue weighted by molar-refractivity contribution is -0.147. The van der Waals surface area contributed by atoms with E-state index in [1.54, 1.807) is 0 Å². The molecular weight excluding hydrogens is 200 g/mol. The van der Waals surface area contributed by atoms with Gasteiger partial charge in [-0.3, -0.25) is 4.79 Å². The number of aliphatic hydroxyl groups is 1. The van der Waals surface area contributed by atoms with Crippen LogP contribution in [0.5, 0.6) is 0 Å². The predicted octanol–water partition coefficient (Wildman–Crippen LogP) is -1.08. The first-order valence-electron chi connectivity index (χ1n) is 4.91. The molecular formula is C9H18N2O4. The fourth-order valence-corrected chi connectivity index (χ4v) is 1.06. The molecule has 0 heterocycles. The summed E-state index contributed by atoms with van der Waals surface area (Å²) in [7, 11) is 0. The van der Waals surface area contributed by atoms with Crippen LogP contribution in [0.2, 0.25) is 0 Å². The lowest BCUT2D eigenvalue weighted by Crippen LogP contribution is -2.36. The summed E-state index contributed by atoms with van der Waals surface area (Å²) >= 11 is 0. The third kappa shape index (κ3) is 5.34. The van der Waals surface area contributed by atoms with Crippen molar-refractivity contribution in [1.82, 2.24) is 5.32 Å². The second-order valence-electron chi connectivity index (χ2n) is 3.27. The third-order valence-electron chi connectivity index (χ3n) is 2.15.